The van der Waals surface area contributed by atoms with Crippen molar-refractivity contribution in [2.75, 3.05) is 6.61 Å². The zero-order chi connectivity index (χ0) is 18.5. The lowest BCUT2D eigenvalue weighted by molar-refractivity contribution is -0.227. The summed E-state index contributed by atoms with van der Waals surface area (Å²) in [5.74, 6) is -0.631. The summed E-state index contributed by atoms with van der Waals surface area (Å²) in [7, 11) is -1.91. The molecule has 25 heavy (non-hydrogen) atoms. The van der Waals surface area contributed by atoms with Gasteiger partial charge in [0, 0.05) is 0 Å². The molecule has 6 heteroatoms. The molecule has 0 aromatic rings. The van der Waals surface area contributed by atoms with Crippen LogP contribution in [0.15, 0.2) is 12.2 Å². The minimum atomic E-state index is -1.91. The third-order valence-corrected chi connectivity index (χ3v) is 10.3. The van der Waals surface area contributed by atoms with Gasteiger partial charge in [-0.05, 0) is 44.8 Å². The molecule has 5 atom stereocenters. The number of ether oxygens (including phenoxy) is 4. The maximum absolute atomic E-state index is 6.75. The molecule has 0 aromatic carbocycles. The van der Waals surface area contributed by atoms with Gasteiger partial charge in [-0.15, -0.1) is 0 Å². The fraction of sp³-hybridized carbons (Fsp3) is 0.895. The first-order valence-electron chi connectivity index (χ1n) is 9.46. The molecule has 0 radical (unpaired) electrons. The van der Waals surface area contributed by atoms with Gasteiger partial charge in [0.2, 0.25) is 0 Å². The Morgan fingerprint density at radius 1 is 1.04 bits per heavy atom. The highest BCUT2D eigenvalue weighted by Crippen LogP contribution is 2.43. The number of hydrogen-bond acceptors (Lipinski definition) is 5. The van der Waals surface area contributed by atoms with Crippen molar-refractivity contribution in [2.24, 2.45) is 0 Å². The van der Waals surface area contributed by atoms with Crippen molar-refractivity contribution in [1.82, 2.24) is 0 Å². The van der Waals surface area contributed by atoms with Crippen LogP contribution in [0.25, 0.3) is 0 Å². The zero-order valence-corrected chi connectivity index (χ0v) is 17.7. The summed E-state index contributed by atoms with van der Waals surface area (Å²) in [6, 6.07) is 0. The standard InChI is InChI=1S/C19H34O5Si/c1-18(2,3)25(6,7)24-13-11-9-8-10-12-20-15-14(13)21-17-16(15)22-19(4,5)23-17/h8,10,13-17H,9,11-12H2,1-7H3/b10-8-/t13?,14-,15+,16-,17-/m1/s1. The lowest BCUT2D eigenvalue weighted by Crippen LogP contribution is -2.50. The van der Waals surface area contributed by atoms with Crippen molar-refractivity contribution >= 4 is 8.32 Å². The maximum atomic E-state index is 6.75. The Labute approximate surface area is 153 Å². The topological polar surface area (TPSA) is 46.2 Å². The normalized spacial score (nSPS) is 39.9. The van der Waals surface area contributed by atoms with Crippen LogP contribution in [-0.4, -0.2) is 51.4 Å². The van der Waals surface area contributed by atoms with Gasteiger partial charge in [0.1, 0.15) is 18.3 Å². The van der Waals surface area contributed by atoms with E-state index in [-0.39, 0.29) is 35.7 Å². The van der Waals surface area contributed by atoms with E-state index in [2.05, 4.69) is 46.0 Å². The van der Waals surface area contributed by atoms with Crippen molar-refractivity contribution in [2.45, 2.75) is 102 Å². The van der Waals surface area contributed by atoms with Gasteiger partial charge in [-0.2, -0.15) is 0 Å². The Hall–Kier alpha value is -0.243. The van der Waals surface area contributed by atoms with Gasteiger partial charge in [0.05, 0.1) is 12.7 Å². The van der Waals surface area contributed by atoms with Crippen LogP contribution in [0.1, 0.15) is 47.5 Å². The van der Waals surface area contributed by atoms with E-state index in [1.54, 1.807) is 0 Å². The van der Waals surface area contributed by atoms with Crippen LogP contribution in [0.4, 0.5) is 0 Å². The van der Waals surface area contributed by atoms with Crippen molar-refractivity contribution < 1.29 is 23.4 Å². The van der Waals surface area contributed by atoms with Crippen LogP contribution in [-0.2, 0) is 23.4 Å². The molecule has 2 saturated heterocycles. The number of rotatable bonds is 2. The summed E-state index contributed by atoms with van der Waals surface area (Å²) in [4.78, 5) is 0. The summed E-state index contributed by atoms with van der Waals surface area (Å²) in [6.07, 6.45) is 5.26. The van der Waals surface area contributed by atoms with Crippen molar-refractivity contribution in [3.05, 3.63) is 12.2 Å². The molecule has 3 rings (SSSR count). The maximum Gasteiger partial charge on any atom is 0.192 e. The second-order valence-electron chi connectivity index (χ2n) is 9.33. The molecular formula is C19H34O5Si. The first-order valence-corrected chi connectivity index (χ1v) is 12.4. The highest BCUT2D eigenvalue weighted by molar-refractivity contribution is 6.74. The summed E-state index contributed by atoms with van der Waals surface area (Å²) >= 11 is 0. The van der Waals surface area contributed by atoms with Gasteiger partial charge in [-0.25, -0.2) is 0 Å². The molecular weight excluding hydrogens is 336 g/mol. The molecule has 2 fully saturated rings. The zero-order valence-electron chi connectivity index (χ0n) is 16.7. The number of fused-ring (bicyclic) bond motifs is 3. The monoisotopic (exact) mass is 370 g/mol. The van der Waals surface area contributed by atoms with E-state index in [1.165, 1.54) is 0 Å². The summed E-state index contributed by atoms with van der Waals surface area (Å²) in [5, 5.41) is 0.154. The molecule has 3 heterocycles. The van der Waals surface area contributed by atoms with E-state index in [4.69, 9.17) is 23.4 Å². The average molecular weight is 371 g/mol. The lowest BCUT2D eigenvalue weighted by Gasteiger charge is -2.41. The smallest absolute Gasteiger partial charge is 0.192 e. The molecule has 0 aromatic heterocycles. The third kappa shape index (κ3) is 4.04. The lowest BCUT2D eigenvalue weighted by atomic mass is 10.0. The van der Waals surface area contributed by atoms with Crippen LogP contribution < -0.4 is 0 Å². The predicted molar refractivity (Wildman–Crippen MR) is 98.9 cm³/mol. The van der Waals surface area contributed by atoms with Crippen LogP contribution in [0, 0.1) is 0 Å². The van der Waals surface area contributed by atoms with E-state index in [9.17, 15) is 0 Å². The number of allylic oxidation sites excluding steroid dienone is 1. The second-order valence-corrected chi connectivity index (χ2v) is 14.1. The molecule has 5 nitrogen and oxygen atoms in total. The van der Waals surface area contributed by atoms with Crippen molar-refractivity contribution in [3.8, 4) is 0 Å². The Morgan fingerprint density at radius 3 is 2.44 bits per heavy atom. The van der Waals surface area contributed by atoms with Gasteiger partial charge in [0.25, 0.3) is 0 Å². The van der Waals surface area contributed by atoms with E-state index >= 15 is 0 Å². The van der Waals surface area contributed by atoms with Crippen LogP contribution in [0.2, 0.25) is 18.1 Å². The Morgan fingerprint density at radius 2 is 1.76 bits per heavy atom. The van der Waals surface area contributed by atoms with E-state index in [0.717, 1.165) is 12.8 Å². The van der Waals surface area contributed by atoms with Crippen LogP contribution in [0.3, 0.4) is 0 Å². The molecule has 3 aliphatic rings. The van der Waals surface area contributed by atoms with Crippen molar-refractivity contribution in [3.63, 3.8) is 0 Å². The Kier molecular flexibility index (Phi) is 5.25. The molecule has 0 aliphatic carbocycles. The fourth-order valence-electron chi connectivity index (χ4n) is 3.45. The number of hydrogen-bond donors (Lipinski definition) is 0. The van der Waals surface area contributed by atoms with Crippen LogP contribution >= 0.6 is 0 Å². The third-order valence-electron chi connectivity index (χ3n) is 5.82. The predicted octanol–water partition coefficient (Wildman–Crippen LogP) is 3.99. The average Bonchev–Trinajstić information content (AvgIpc) is 2.94. The largest absolute Gasteiger partial charge is 0.411 e. The molecule has 1 unspecified atom stereocenters. The molecule has 3 aliphatic heterocycles. The first kappa shape index (κ1) is 19.5. The quantitative estimate of drug-likeness (QED) is 0.543. The molecule has 0 spiro atoms. The Balaban J connectivity index is 1.82. The van der Waals surface area contributed by atoms with Gasteiger partial charge in [-0.1, -0.05) is 32.9 Å². The molecule has 0 amide bonds. The molecule has 0 bridgehead atoms. The van der Waals surface area contributed by atoms with Gasteiger partial charge in [-0.3, -0.25) is 0 Å². The first-order chi connectivity index (χ1) is 11.5. The second kappa shape index (κ2) is 6.73. The van der Waals surface area contributed by atoms with Gasteiger partial charge in [0.15, 0.2) is 20.4 Å². The van der Waals surface area contributed by atoms with E-state index < -0.39 is 14.1 Å². The van der Waals surface area contributed by atoms with Crippen LogP contribution in [0.5, 0.6) is 0 Å². The molecule has 0 saturated carbocycles. The summed E-state index contributed by atoms with van der Waals surface area (Å²) in [6.45, 7) is 15.8. The fourth-order valence-corrected chi connectivity index (χ4v) is 4.81. The molecule has 0 N–H and O–H groups in total. The molecule has 144 valence electrons. The summed E-state index contributed by atoms with van der Waals surface area (Å²) in [5.41, 5.74) is 0. The minimum absolute atomic E-state index is 0.00504. The van der Waals surface area contributed by atoms with Gasteiger partial charge < -0.3 is 23.4 Å². The minimum Gasteiger partial charge on any atom is -0.411 e. The van der Waals surface area contributed by atoms with E-state index in [0.29, 0.717) is 6.61 Å². The van der Waals surface area contributed by atoms with E-state index in [1.807, 2.05) is 13.8 Å². The summed E-state index contributed by atoms with van der Waals surface area (Å²) < 4.78 is 31.2. The SMILES string of the molecule is CC1(C)O[C@H]2O[C@@H]3C(O[Si](C)(C)C(C)(C)C)CC/C=C\CO[C@@H]3[C@H]2O1. The van der Waals surface area contributed by atoms with Gasteiger partial charge >= 0.3 is 0 Å². The highest BCUT2D eigenvalue weighted by Gasteiger charge is 2.58. The Bertz CT molecular complexity index is 510. The van der Waals surface area contributed by atoms with Crippen molar-refractivity contribution in [1.29, 1.82) is 0 Å². The highest BCUT2D eigenvalue weighted by atomic mass is 28.4.